The summed E-state index contributed by atoms with van der Waals surface area (Å²) < 4.78 is 22.9. The van der Waals surface area contributed by atoms with Gasteiger partial charge in [0.25, 0.3) is 5.56 Å². The monoisotopic (exact) mass is 411 g/mol. The smallest absolute Gasteiger partial charge is 0.261 e. The summed E-state index contributed by atoms with van der Waals surface area (Å²) in [5.74, 6) is 1.95. The Balaban J connectivity index is 1.47. The molecule has 156 valence electrons. The van der Waals surface area contributed by atoms with Crippen LogP contribution in [0.5, 0.6) is 23.0 Å². The number of aryl methyl sites for hydroxylation is 1. The van der Waals surface area contributed by atoms with Crippen molar-refractivity contribution in [1.29, 1.82) is 0 Å². The Morgan fingerprint density at radius 3 is 2.60 bits per heavy atom. The third-order valence-electron chi connectivity index (χ3n) is 4.74. The molecule has 3 aromatic rings. The average Bonchev–Trinajstić information content (AvgIpc) is 2.77. The molecule has 1 amide bonds. The molecule has 0 radical (unpaired) electrons. The number of benzene rings is 2. The molecule has 0 aliphatic carbocycles. The van der Waals surface area contributed by atoms with Crippen LogP contribution in [-0.4, -0.2) is 42.9 Å². The van der Waals surface area contributed by atoms with Crippen LogP contribution in [0.3, 0.4) is 0 Å². The van der Waals surface area contributed by atoms with Gasteiger partial charge in [0, 0.05) is 30.8 Å². The summed E-state index contributed by atoms with van der Waals surface area (Å²) in [4.78, 5) is 29.5. The van der Waals surface area contributed by atoms with Gasteiger partial charge in [-0.1, -0.05) is 0 Å². The number of rotatable bonds is 6. The first-order chi connectivity index (χ1) is 14.6. The van der Waals surface area contributed by atoms with Gasteiger partial charge in [0.1, 0.15) is 13.2 Å². The van der Waals surface area contributed by atoms with Gasteiger partial charge in [-0.3, -0.25) is 14.2 Å². The van der Waals surface area contributed by atoms with E-state index in [9.17, 15) is 9.59 Å². The molecule has 30 heavy (non-hydrogen) atoms. The van der Waals surface area contributed by atoms with E-state index in [-0.39, 0.29) is 24.4 Å². The predicted molar refractivity (Wildman–Crippen MR) is 110 cm³/mol. The van der Waals surface area contributed by atoms with E-state index in [0.717, 1.165) is 0 Å². The van der Waals surface area contributed by atoms with Crippen molar-refractivity contribution in [2.24, 2.45) is 0 Å². The van der Waals surface area contributed by atoms with Crippen molar-refractivity contribution < 1.29 is 23.7 Å². The average molecular weight is 411 g/mol. The molecule has 2 aromatic carbocycles. The highest BCUT2D eigenvalue weighted by atomic mass is 16.6. The largest absolute Gasteiger partial charge is 0.493 e. The number of anilines is 1. The molecule has 0 saturated carbocycles. The van der Waals surface area contributed by atoms with Crippen LogP contribution in [0.15, 0.2) is 41.5 Å². The molecule has 4 rings (SSSR count). The molecule has 0 atom stereocenters. The van der Waals surface area contributed by atoms with Crippen molar-refractivity contribution >= 4 is 22.5 Å². The number of nitrogens with zero attached hydrogens (tertiary/aromatic N) is 2. The Hall–Kier alpha value is -3.75. The van der Waals surface area contributed by atoms with E-state index >= 15 is 0 Å². The summed E-state index contributed by atoms with van der Waals surface area (Å²) in [5.41, 5.74) is 0.841. The van der Waals surface area contributed by atoms with Gasteiger partial charge in [-0.05, 0) is 18.2 Å². The summed E-state index contributed by atoms with van der Waals surface area (Å²) in [6.45, 7) is 1.16. The standard InChI is InChI=1S/C21H21N3O6/c1-27-17-10-14-15(11-18(17)28-2)22-12-24(21(14)26)6-5-20(25)23-13-3-4-16-19(9-13)30-8-7-29-16/h3-4,9-12H,5-8H2,1-2H3,(H,23,25). The van der Waals surface area contributed by atoms with Gasteiger partial charge < -0.3 is 24.3 Å². The molecular weight excluding hydrogens is 390 g/mol. The van der Waals surface area contributed by atoms with Crippen LogP contribution in [0.1, 0.15) is 6.42 Å². The van der Waals surface area contributed by atoms with Crippen LogP contribution in [0, 0.1) is 0 Å². The molecule has 9 heteroatoms. The molecule has 1 aliphatic heterocycles. The highest BCUT2D eigenvalue weighted by Crippen LogP contribution is 2.32. The Morgan fingerprint density at radius 2 is 1.83 bits per heavy atom. The molecular formula is C21H21N3O6. The Kier molecular flexibility index (Phi) is 5.42. The van der Waals surface area contributed by atoms with Crippen molar-refractivity contribution in [3.8, 4) is 23.0 Å². The van der Waals surface area contributed by atoms with Crippen molar-refractivity contribution in [1.82, 2.24) is 9.55 Å². The van der Waals surface area contributed by atoms with Crippen LogP contribution in [0.4, 0.5) is 5.69 Å². The van der Waals surface area contributed by atoms with E-state index in [0.29, 0.717) is 52.8 Å². The number of amides is 1. The third-order valence-corrected chi connectivity index (χ3v) is 4.74. The Bertz CT molecular complexity index is 1160. The molecule has 1 aliphatic rings. The van der Waals surface area contributed by atoms with Crippen LogP contribution < -0.4 is 29.8 Å². The summed E-state index contributed by atoms with van der Waals surface area (Å²) in [7, 11) is 3.02. The van der Waals surface area contributed by atoms with Crippen LogP contribution in [0.25, 0.3) is 10.9 Å². The second-order valence-corrected chi connectivity index (χ2v) is 6.62. The SMILES string of the molecule is COc1cc2ncn(CCC(=O)Nc3ccc4c(c3)OCCO4)c(=O)c2cc1OC. The molecule has 1 N–H and O–H groups in total. The van der Waals surface area contributed by atoms with E-state index in [4.69, 9.17) is 18.9 Å². The maximum Gasteiger partial charge on any atom is 0.261 e. The number of nitrogens with one attached hydrogen (secondary N) is 1. The van der Waals surface area contributed by atoms with E-state index < -0.39 is 0 Å². The minimum absolute atomic E-state index is 0.106. The zero-order chi connectivity index (χ0) is 21.1. The van der Waals surface area contributed by atoms with Gasteiger partial charge in [0.05, 0.1) is 31.4 Å². The highest BCUT2D eigenvalue weighted by molar-refractivity contribution is 5.91. The second-order valence-electron chi connectivity index (χ2n) is 6.62. The lowest BCUT2D eigenvalue weighted by Crippen LogP contribution is -2.24. The molecule has 9 nitrogen and oxygen atoms in total. The van der Waals surface area contributed by atoms with Gasteiger partial charge in [-0.25, -0.2) is 4.98 Å². The summed E-state index contributed by atoms with van der Waals surface area (Å²) >= 11 is 0. The molecule has 0 fully saturated rings. The fourth-order valence-corrected chi connectivity index (χ4v) is 3.21. The minimum atomic E-state index is -0.256. The second kappa shape index (κ2) is 8.32. The van der Waals surface area contributed by atoms with E-state index in [2.05, 4.69) is 10.3 Å². The number of carbonyl (C=O) groups excluding carboxylic acids is 1. The molecule has 0 saturated heterocycles. The van der Waals surface area contributed by atoms with Gasteiger partial charge >= 0.3 is 0 Å². The molecule has 1 aromatic heterocycles. The van der Waals surface area contributed by atoms with Gasteiger partial charge in [0.15, 0.2) is 23.0 Å². The number of methoxy groups -OCH3 is 2. The number of fused-ring (bicyclic) bond motifs is 2. The van der Waals surface area contributed by atoms with E-state index in [1.54, 1.807) is 30.3 Å². The fraction of sp³-hybridized carbons (Fsp3) is 0.286. The summed E-state index contributed by atoms with van der Waals surface area (Å²) in [6.07, 6.45) is 1.53. The maximum absolute atomic E-state index is 12.8. The number of carbonyl (C=O) groups is 1. The lowest BCUT2D eigenvalue weighted by molar-refractivity contribution is -0.116. The zero-order valence-corrected chi connectivity index (χ0v) is 16.6. The normalized spacial score (nSPS) is 12.5. The lowest BCUT2D eigenvalue weighted by atomic mass is 10.2. The topological polar surface area (TPSA) is 101 Å². The summed E-state index contributed by atoms with van der Waals surface area (Å²) in [5, 5.41) is 3.20. The number of aromatic nitrogens is 2. The van der Waals surface area contributed by atoms with Crippen LogP contribution in [0.2, 0.25) is 0 Å². The molecule has 2 heterocycles. The Labute approximate surface area is 172 Å². The first-order valence-electron chi connectivity index (χ1n) is 9.39. The van der Waals surface area contributed by atoms with Gasteiger partial charge in [-0.2, -0.15) is 0 Å². The molecule has 0 unspecified atom stereocenters. The Morgan fingerprint density at radius 1 is 1.10 bits per heavy atom. The van der Waals surface area contributed by atoms with Crippen molar-refractivity contribution in [2.45, 2.75) is 13.0 Å². The fourth-order valence-electron chi connectivity index (χ4n) is 3.21. The molecule has 0 bridgehead atoms. The van der Waals surface area contributed by atoms with Crippen molar-refractivity contribution in [3.05, 3.63) is 47.0 Å². The maximum atomic E-state index is 12.8. The quantitative estimate of drug-likeness (QED) is 0.664. The zero-order valence-electron chi connectivity index (χ0n) is 16.6. The van der Waals surface area contributed by atoms with E-state index in [1.165, 1.54) is 25.1 Å². The number of ether oxygens (including phenoxy) is 4. The first kappa shape index (κ1) is 19.6. The van der Waals surface area contributed by atoms with Gasteiger partial charge in [0.2, 0.25) is 5.91 Å². The highest BCUT2D eigenvalue weighted by Gasteiger charge is 2.14. The summed E-state index contributed by atoms with van der Waals surface area (Å²) in [6, 6.07) is 8.46. The predicted octanol–water partition coefficient (Wildman–Crippen LogP) is 2.21. The van der Waals surface area contributed by atoms with E-state index in [1.807, 2.05) is 0 Å². The van der Waals surface area contributed by atoms with Gasteiger partial charge in [-0.15, -0.1) is 0 Å². The van der Waals surface area contributed by atoms with Crippen LogP contribution in [-0.2, 0) is 11.3 Å². The number of hydrogen-bond acceptors (Lipinski definition) is 7. The first-order valence-corrected chi connectivity index (χ1v) is 9.39. The lowest BCUT2D eigenvalue weighted by Gasteiger charge is -2.19. The van der Waals surface area contributed by atoms with Crippen LogP contribution >= 0.6 is 0 Å². The molecule has 0 spiro atoms. The number of hydrogen-bond donors (Lipinski definition) is 1. The van der Waals surface area contributed by atoms with Crippen molar-refractivity contribution in [2.75, 3.05) is 32.8 Å². The third kappa shape index (κ3) is 3.86. The van der Waals surface area contributed by atoms with Crippen molar-refractivity contribution in [3.63, 3.8) is 0 Å². The minimum Gasteiger partial charge on any atom is -0.493 e.